The summed E-state index contributed by atoms with van der Waals surface area (Å²) in [5.74, 6) is -0.208. The van der Waals surface area contributed by atoms with Crippen LogP contribution in [0.5, 0.6) is 5.75 Å². The fourth-order valence-electron chi connectivity index (χ4n) is 2.52. The Morgan fingerprint density at radius 2 is 2.00 bits per heavy atom. The molecule has 0 spiro atoms. The zero-order valence-corrected chi connectivity index (χ0v) is 11.1. The third kappa shape index (κ3) is 1.97. The Bertz CT molecular complexity index is 714. The second-order valence-electron chi connectivity index (χ2n) is 4.66. The van der Waals surface area contributed by atoms with Crippen LogP contribution in [0.1, 0.15) is 34.0 Å². The maximum Gasteiger partial charge on any atom is 0.335 e. The first-order chi connectivity index (χ1) is 9.70. The van der Waals surface area contributed by atoms with Gasteiger partial charge in [-0.05, 0) is 41.8 Å². The summed E-state index contributed by atoms with van der Waals surface area (Å²) < 4.78 is 5.81. The molecule has 3 rings (SSSR count). The third-order valence-corrected chi connectivity index (χ3v) is 3.50. The van der Waals surface area contributed by atoms with E-state index >= 15 is 0 Å². The molecule has 0 bridgehead atoms. The lowest BCUT2D eigenvalue weighted by Gasteiger charge is -2.10. The lowest BCUT2D eigenvalue weighted by molar-refractivity contribution is 0.0697. The first-order valence-electron chi connectivity index (χ1n) is 6.46. The van der Waals surface area contributed by atoms with Gasteiger partial charge in [-0.15, -0.1) is 0 Å². The number of carboxylic acids is 1. The van der Waals surface area contributed by atoms with E-state index in [2.05, 4.69) is 0 Å². The zero-order chi connectivity index (χ0) is 14.1. The van der Waals surface area contributed by atoms with Gasteiger partial charge in [0.15, 0.2) is 0 Å². The highest BCUT2D eigenvalue weighted by atomic mass is 16.5. The summed E-state index contributed by atoms with van der Waals surface area (Å²) in [6, 6.07) is 13.0. The van der Waals surface area contributed by atoms with E-state index in [0.717, 1.165) is 28.0 Å². The molecule has 0 aliphatic carbocycles. The average Bonchev–Trinajstić information content (AvgIpc) is 2.62. The first-order valence-corrected chi connectivity index (χ1v) is 6.46. The molecule has 3 heteroatoms. The monoisotopic (exact) mass is 266 g/mol. The van der Waals surface area contributed by atoms with Crippen LogP contribution >= 0.6 is 0 Å². The van der Waals surface area contributed by atoms with Gasteiger partial charge in [-0.2, -0.15) is 0 Å². The molecule has 0 aromatic heterocycles. The molecule has 1 heterocycles. The normalized spacial score (nSPS) is 14.9. The summed E-state index contributed by atoms with van der Waals surface area (Å²) in [6.07, 6.45) is 2.00. The maximum atomic E-state index is 11.2. The predicted octanol–water partition coefficient (Wildman–Crippen LogP) is 3.73. The van der Waals surface area contributed by atoms with Gasteiger partial charge in [0, 0.05) is 5.56 Å². The highest BCUT2D eigenvalue weighted by molar-refractivity contribution is 5.92. The molecule has 100 valence electrons. The van der Waals surface area contributed by atoms with Gasteiger partial charge in [0.25, 0.3) is 0 Å². The van der Waals surface area contributed by atoms with E-state index in [1.54, 1.807) is 18.2 Å². The molecule has 1 N–H and O–H groups in total. The van der Waals surface area contributed by atoms with Gasteiger partial charge in [-0.3, -0.25) is 0 Å². The number of hydrogen-bond acceptors (Lipinski definition) is 2. The van der Waals surface area contributed by atoms with Gasteiger partial charge in [0.2, 0.25) is 0 Å². The molecule has 1 aliphatic heterocycles. The number of benzene rings is 2. The van der Waals surface area contributed by atoms with E-state index in [1.807, 2.05) is 37.3 Å². The van der Waals surface area contributed by atoms with E-state index in [9.17, 15) is 4.79 Å². The lowest BCUT2D eigenvalue weighted by atomic mass is 9.93. The van der Waals surface area contributed by atoms with Crippen LogP contribution in [-0.2, 0) is 6.61 Å². The van der Waals surface area contributed by atoms with Crippen molar-refractivity contribution in [3.05, 3.63) is 70.8 Å². The summed E-state index contributed by atoms with van der Waals surface area (Å²) in [5, 5.41) is 9.15. The van der Waals surface area contributed by atoms with Gasteiger partial charge in [0.1, 0.15) is 12.4 Å². The van der Waals surface area contributed by atoms with Crippen LogP contribution in [0.2, 0.25) is 0 Å². The number of aromatic carboxylic acids is 1. The van der Waals surface area contributed by atoms with Crippen molar-refractivity contribution in [3.8, 4) is 5.75 Å². The molecule has 0 saturated carbocycles. The molecule has 2 aromatic carbocycles. The number of carboxylic acid groups (broad SMARTS) is 1. The smallest absolute Gasteiger partial charge is 0.335 e. The van der Waals surface area contributed by atoms with Crippen molar-refractivity contribution in [1.29, 1.82) is 0 Å². The number of fused-ring (bicyclic) bond motifs is 2. The summed E-state index contributed by atoms with van der Waals surface area (Å²) in [6.45, 7) is 2.45. The topological polar surface area (TPSA) is 46.5 Å². The summed E-state index contributed by atoms with van der Waals surface area (Å²) in [5.41, 5.74) is 4.31. The third-order valence-electron chi connectivity index (χ3n) is 3.50. The van der Waals surface area contributed by atoms with Crippen molar-refractivity contribution < 1.29 is 14.6 Å². The molecule has 0 saturated heterocycles. The SMILES string of the molecule is CC=C1c2ccccc2COc2ccc(C(=O)O)cc21. The molecule has 20 heavy (non-hydrogen) atoms. The summed E-state index contributed by atoms with van der Waals surface area (Å²) in [7, 11) is 0. The standard InChI is InChI=1S/C17H14O3/c1-2-13-14-6-4-3-5-12(14)10-20-16-8-7-11(17(18)19)9-15(13)16/h2-9H,10H2,1H3,(H,18,19). The second kappa shape index (κ2) is 4.85. The minimum Gasteiger partial charge on any atom is -0.488 e. The molecule has 1 aliphatic rings. The molecular weight excluding hydrogens is 252 g/mol. The quantitative estimate of drug-likeness (QED) is 0.855. The van der Waals surface area contributed by atoms with E-state index < -0.39 is 5.97 Å². The number of carbonyl (C=O) groups is 1. The van der Waals surface area contributed by atoms with E-state index in [-0.39, 0.29) is 5.56 Å². The highest BCUT2D eigenvalue weighted by Gasteiger charge is 2.19. The molecular formula is C17H14O3. The Balaban J connectivity index is 2.24. The Kier molecular flexibility index (Phi) is 3.03. The molecule has 3 nitrogen and oxygen atoms in total. The van der Waals surface area contributed by atoms with Crippen LogP contribution in [-0.4, -0.2) is 11.1 Å². The maximum absolute atomic E-state index is 11.2. The predicted molar refractivity (Wildman–Crippen MR) is 76.9 cm³/mol. The molecule has 0 fully saturated rings. The van der Waals surface area contributed by atoms with Crippen LogP contribution in [0.3, 0.4) is 0 Å². The summed E-state index contributed by atoms with van der Waals surface area (Å²) >= 11 is 0. The van der Waals surface area contributed by atoms with Crippen LogP contribution < -0.4 is 4.74 Å². The largest absolute Gasteiger partial charge is 0.488 e. The zero-order valence-electron chi connectivity index (χ0n) is 11.1. The molecule has 0 amide bonds. The molecule has 0 radical (unpaired) electrons. The Morgan fingerprint density at radius 1 is 1.20 bits per heavy atom. The average molecular weight is 266 g/mol. The van der Waals surface area contributed by atoms with Gasteiger partial charge < -0.3 is 9.84 Å². The van der Waals surface area contributed by atoms with Gasteiger partial charge in [-0.1, -0.05) is 30.3 Å². The van der Waals surface area contributed by atoms with E-state index in [4.69, 9.17) is 9.84 Å². The van der Waals surface area contributed by atoms with Crippen molar-refractivity contribution >= 4 is 11.5 Å². The van der Waals surface area contributed by atoms with Crippen molar-refractivity contribution in [2.24, 2.45) is 0 Å². The van der Waals surface area contributed by atoms with Gasteiger partial charge >= 0.3 is 5.97 Å². The van der Waals surface area contributed by atoms with Crippen LogP contribution in [0.25, 0.3) is 5.57 Å². The number of hydrogen-bond donors (Lipinski definition) is 1. The van der Waals surface area contributed by atoms with E-state index in [0.29, 0.717) is 6.61 Å². The molecule has 0 unspecified atom stereocenters. The minimum atomic E-state index is -0.930. The fraction of sp³-hybridized carbons (Fsp3) is 0.118. The molecule has 2 aromatic rings. The van der Waals surface area contributed by atoms with Gasteiger partial charge in [-0.25, -0.2) is 4.79 Å². The Hall–Kier alpha value is -2.55. The van der Waals surface area contributed by atoms with E-state index in [1.165, 1.54) is 0 Å². The van der Waals surface area contributed by atoms with Crippen molar-refractivity contribution in [1.82, 2.24) is 0 Å². The Labute approximate surface area is 117 Å². The fourth-order valence-corrected chi connectivity index (χ4v) is 2.52. The van der Waals surface area contributed by atoms with Crippen molar-refractivity contribution in [2.45, 2.75) is 13.5 Å². The van der Waals surface area contributed by atoms with Crippen molar-refractivity contribution in [3.63, 3.8) is 0 Å². The lowest BCUT2D eigenvalue weighted by Crippen LogP contribution is -1.99. The van der Waals surface area contributed by atoms with Crippen LogP contribution in [0.4, 0.5) is 0 Å². The van der Waals surface area contributed by atoms with Crippen LogP contribution in [0.15, 0.2) is 48.5 Å². The minimum absolute atomic E-state index is 0.270. The summed E-state index contributed by atoms with van der Waals surface area (Å²) in [4.78, 5) is 11.2. The number of allylic oxidation sites excluding steroid dienone is 1. The number of rotatable bonds is 1. The highest BCUT2D eigenvalue weighted by Crippen LogP contribution is 2.37. The Morgan fingerprint density at radius 3 is 2.75 bits per heavy atom. The molecule has 0 atom stereocenters. The first kappa shape index (κ1) is 12.5. The van der Waals surface area contributed by atoms with Gasteiger partial charge in [0.05, 0.1) is 5.56 Å². The van der Waals surface area contributed by atoms with Crippen molar-refractivity contribution in [2.75, 3.05) is 0 Å². The van der Waals surface area contributed by atoms with Crippen LogP contribution in [0, 0.1) is 0 Å². The number of ether oxygens (including phenoxy) is 1. The second-order valence-corrected chi connectivity index (χ2v) is 4.66.